The van der Waals surface area contributed by atoms with Crippen molar-refractivity contribution in [3.05, 3.63) is 65.5 Å². The largest absolute Gasteiger partial charge is 0.292 e. The Bertz CT molecular complexity index is 593. The number of hydrazone groups is 1. The van der Waals surface area contributed by atoms with E-state index in [1.54, 1.807) is 25.5 Å². The molecular weight excluding hydrogens is 238 g/mol. The highest BCUT2D eigenvalue weighted by Gasteiger charge is 2.13. The first-order valence-corrected chi connectivity index (χ1v) is 5.97. The molecule has 0 radical (unpaired) electrons. The van der Waals surface area contributed by atoms with Gasteiger partial charge in [0.2, 0.25) is 0 Å². The van der Waals surface area contributed by atoms with E-state index in [0.29, 0.717) is 5.69 Å². The number of amides is 1. The van der Waals surface area contributed by atoms with Gasteiger partial charge in [-0.3, -0.25) is 9.78 Å². The third-order valence-electron chi connectivity index (χ3n) is 2.69. The number of aryl methyl sites for hydroxylation is 1. The summed E-state index contributed by atoms with van der Waals surface area (Å²) in [6, 6.07) is 13.3. The van der Waals surface area contributed by atoms with Crippen molar-refractivity contribution in [2.45, 2.75) is 6.92 Å². The molecule has 1 aromatic heterocycles. The molecule has 0 spiro atoms. The van der Waals surface area contributed by atoms with E-state index < -0.39 is 0 Å². The van der Waals surface area contributed by atoms with Crippen LogP contribution in [0.25, 0.3) is 0 Å². The van der Waals surface area contributed by atoms with Gasteiger partial charge in [-0.2, -0.15) is 5.10 Å². The van der Waals surface area contributed by atoms with Crippen LogP contribution in [0.5, 0.6) is 0 Å². The molecule has 1 aromatic carbocycles. The fraction of sp³-hybridized carbons (Fsp3) is 0.133. The average molecular weight is 253 g/mol. The zero-order chi connectivity index (χ0) is 13.7. The summed E-state index contributed by atoms with van der Waals surface area (Å²) in [6.45, 7) is 1.86. The molecule has 0 N–H and O–H groups in total. The van der Waals surface area contributed by atoms with Gasteiger partial charge < -0.3 is 0 Å². The first kappa shape index (κ1) is 13.0. The quantitative estimate of drug-likeness (QED) is 0.623. The van der Waals surface area contributed by atoms with Gasteiger partial charge in [-0.25, -0.2) is 5.01 Å². The Morgan fingerprint density at radius 2 is 1.95 bits per heavy atom. The molecule has 0 aliphatic carbocycles. The minimum atomic E-state index is -0.217. The van der Waals surface area contributed by atoms with E-state index in [4.69, 9.17) is 0 Å². The van der Waals surface area contributed by atoms with E-state index in [2.05, 4.69) is 10.1 Å². The Hall–Kier alpha value is -2.49. The van der Waals surface area contributed by atoms with Gasteiger partial charge in [0.15, 0.2) is 0 Å². The standard InChI is InChI=1S/C15H15N3O/c1-12-7-6-10-16-14(12)15(19)18(2)17-11-13-8-4-3-5-9-13/h3-11H,1-2H3/b17-11+. The third-order valence-corrected chi connectivity index (χ3v) is 2.69. The first-order chi connectivity index (χ1) is 9.18. The molecule has 4 nitrogen and oxygen atoms in total. The van der Waals surface area contributed by atoms with E-state index >= 15 is 0 Å². The molecule has 0 saturated carbocycles. The summed E-state index contributed by atoms with van der Waals surface area (Å²) in [5, 5.41) is 5.42. The van der Waals surface area contributed by atoms with Crippen LogP contribution in [-0.4, -0.2) is 29.2 Å². The molecule has 1 amide bonds. The number of pyridine rings is 1. The third kappa shape index (κ3) is 3.25. The SMILES string of the molecule is Cc1cccnc1C(=O)N(C)/N=C/c1ccccc1. The number of hydrogen-bond donors (Lipinski definition) is 0. The van der Waals surface area contributed by atoms with E-state index in [-0.39, 0.29) is 5.91 Å². The van der Waals surface area contributed by atoms with Gasteiger partial charge in [0.25, 0.3) is 5.91 Å². The van der Waals surface area contributed by atoms with Gasteiger partial charge in [-0.1, -0.05) is 36.4 Å². The molecule has 19 heavy (non-hydrogen) atoms. The number of benzene rings is 1. The summed E-state index contributed by atoms with van der Waals surface area (Å²) in [5.41, 5.74) is 2.21. The second-order valence-electron chi connectivity index (χ2n) is 4.15. The highest BCUT2D eigenvalue weighted by Crippen LogP contribution is 2.06. The maximum absolute atomic E-state index is 12.1. The average Bonchev–Trinajstić information content (AvgIpc) is 2.45. The molecule has 2 aromatic rings. The fourth-order valence-corrected chi connectivity index (χ4v) is 1.61. The lowest BCUT2D eigenvalue weighted by atomic mass is 10.2. The molecule has 96 valence electrons. The van der Waals surface area contributed by atoms with Crippen molar-refractivity contribution in [2.24, 2.45) is 5.10 Å². The van der Waals surface area contributed by atoms with E-state index in [1.807, 2.05) is 43.3 Å². The number of hydrogen-bond acceptors (Lipinski definition) is 3. The maximum Gasteiger partial charge on any atom is 0.292 e. The van der Waals surface area contributed by atoms with E-state index in [0.717, 1.165) is 11.1 Å². The van der Waals surface area contributed by atoms with Crippen molar-refractivity contribution in [3.63, 3.8) is 0 Å². The van der Waals surface area contributed by atoms with E-state index in [9.17, 15) is 4.79 Å². The zero-order valence-electron chi connectivity index (χ0n) is 10.9. The van der Waals surface area contributed by atoms with Crippen LogP contribution in [0.3, 0.4) is 0 Å². The second kappa shape index (κ2) is 5.91. The fourth-order valence-electron chi connectivity index (χ4n) is 1.61. The van der Waals surface area contributed by atoms with Crippen molar-refractivity contribution in [1.29, 1.82) is 0 Å². The lowest BCUT2D eigenvalue weighted by molar-refractivity contribution is 0.0793. The molecule has 0 unspecified atom stereocenters. The minimum absolute atomic E-state index is 0.217. The summed E-state index contributed by atoms with van der Waals surface area (Å²) in [4.78, 5) is 16.2. The monoisotopic (exact) mass is 253 g/mol. The highest BCUT2D eigenvalue weighted by molar-refractivity contribution is 5.94. The Balaban J connectivity index is 2.13. The predicted octanol–water partition coefficient (Wildman–Crippen LogP) is 2.50. The summed E-state index contributed by atoms with van der Waals surface area (Å²) in [5.74, 6) is -0.217. The van der Waals surface area contributed by atoms with Gasteiger partial charge in [0, 0.05) is 13.2 Å². The van der Waals surface area contributed by atoms with Gasteiger partial charge in [-0.15, -0.1) is 0 Å². The predicted molar refractivity (Wildman–Crippen MR) is 75.1 cm³/mol. The molecule has 0 saturated heterocycles. The number of nitrogens with zero attached hydrogens (tertiary/aromatic N) is 3. The van der Waals surface area contributed by atoms with Gasteiger partial charge in [0.1, 0.15) is 5.69 Å². The van der Waals surface area contributed by atoms with Gasteiger partial charge in [0.05, 0.1) is 6.21 Å². The van der Waals surface area contributed by atoms with Crippen LogP contribution in [0.15, 0.2) is 53.8 Å². The Morgan fingerprint density at radius 1 is 1.21 bits per heavy atom. The topological polar surface area (TPSA) is 45.6 Å². The van der Waals surface area contributed by atoms with Gasteiger partial charge in [-0.05, 0) is 24.1 Å². The van der Waals surface area contributed by atoms with Crippen molar-refractivity contribution in [1.82, 2.24) is 9.99 Å². The Kier molecular flexibility index (Phi) is 4.03. The Morgan fingerprint density at radius 3 is 2.63 bits per heavy atom. The summed E-state index contributed by atoms with van der Waals surface area (Å²) in [7, 11) is 1.62. The smallest absolute Gasteiger partial charge is 0.265 e. The molecule has 4 heteroatoms. The number of rotatable bonds is 3. The van der Waals surface area contributed by atoms with Crippen molar-refractivity contribution in [2.75, 3.05) is 7.05 Å². The lowest BCUT2D eigenvalue weighted by Gasteiger charge is -2.11. The van der Waals surface area contributed by atoms with Crippen LogP contribution in [0.4, 0.5) is 0 Å². The molecule has 0 aliphatic heterocycles. The molecule has 0 fully saturated rings. The zero-order valence-corrected chi connectivity index (χ0v) is 10.9. The number of carbonyl (C=O) groups is 1. The van der Waals surface area contributed by atoms with E-state index in [1.165, 1.54) is 5.01 Å². The van der Waals surface area contributed by atoms with Crippen molar-refractivity contribution < 1.29 is 4.79 Å². The summed E-state index contributed by atoms with van der Waals surface area (Å²) in [6.07, 6.45) is 3.26. The second-order valence-corrected chi connectivity index (χ2v) is 4.15. The highest BCUT2D eigenvalue weighted by atomic mass is 16.2. The Labute approximate surface area is 112 Å². The molecule has 0 aliphatic rings. The molecule has 1 heterocycles. The van der Waals surface area contributed by atoms with Crippen LogP contribution in [-0.2, 0) is 0 Å². The lowest BCUT2D eigenvalue weighted by Crippen LogP contribution is -2.23. The van der Waals surface area contributed by atoms with Crippen molar-refractivity contribution >= 4 is 12.1 Å². The van der Waals surface area contributed by atoms with Crippen molar-refractivity contribution in [3.8, 4) is 0 Å². The molecular formula is C15H15N3O. The molecule has 0 bridgehead atoms. The van der Waals surface area contributed by atoms with Gasteiger partial charge >= 0.3 is 0 Å². The first-order valence-electron chi connectivity index (χ1n) is 5.97. The van der Waals surface area contributed by atoms with Crippen LogP contribution in [0.1, 0.15) is 21.6 Å². The van der Waals surface area contributed by atoms with Crippen LogP contribution >= 0.6 is 0 Å². The summed E-state index contributed by atoms with van der Waals surface area (Å²) < 4.78 is 0. The normalized spacial score (nSPS) is 10.6. The minimum Gasteiger partial charge on any atom is -0.265 e. The summed E-state index contributed by atoms with van der Waals surface area (Å²) >= 11 is 0. The molecule has 2 rings (SSSR count). The van der Waals surface area contributed by atoms with Crippen LogP contribution in [0, 0.1) is 6.92 Å². The number of carbonyl (C=O) groups excluding carboxylic acids is 1. The van der Waals surface area contributed by atoms with Crippen LogP contribution in [0.2, 0.25) is 0 Å². The maximum atomic E-state index is 12.1. The van der Waals surface area contributed by atoms with Crippen LogP contribution < -0.4 is 0 Å². The molecule has 0 atom stereocenters. The number of aromatic nitrogens is 1.